The second-order valence-corrected chi connectivity index (χ2v) is 5.24. The number of rotatable bonds is 9. The van der Waals surface area contributed by atoms with E-state index >= 15 is 0 Å². The molecule has 0 saturated carbocycles. The highest BCUT2D eigenvalue weighted by Crippen LogP contribution is 2.09. The predicted octanol–water partition coefficient (Wildman–Crippen LogP) is 3.12. The smallest absolute Gasteiger partial charge is 0.0949 e. The summed E-state index contributed by atoms with van der Waals surface area (Å²) in [6, 6.07) is 8.33. The molecule has 1 aromatic heterocycles. The van der Waals surface area contributed by atoms with Crippen LogP contribution in [0.5, 0.6) is 0 Å². The van der Waals surface area contributed by atoms with Crippen LogP contribution >= 0.6 is 0 Å². The molecule has 0 spiro atoms. The van der Waals surface area contributed by atoms with Crippen molar-refractivity contribution in [2.75, 3.05) is 13.2 Å². The lowest BCUT2D eigenvalue weighted by atomic mass is 10.1. The molecule has 118 valence electrons. The van der Waals surface area contributed by atoms with Crippen molar-refractivity contribution in [3.63, 3.8) is 0 Å². The molecule has 2 rings (SSSR count). The number of hydrogen-bond acceptors (Lipinski definition) is 3. The minimum atomic E-state index is -0.411. The van der Waals surface area contributed by atoms with Crippen LogP contribution in [-0.4, -0.2) is 34.0 Å². The van der Waals surface area contributed by atoms with Gasteiger partial charge in [0.15, 0.2) is 0 Å². The van der Waals surface area contributed by atoms with Crippen molar-refractivity contribution in [3.8, 4) is 0 Å². The fourth-order valence-corrected chi connectivity index (χ4v) is 2.18. The molecule has 1 atom stereocenters. The molecule has 1 N–H and O–H groups in total. The second kappa shape index (κ2) is 9.18. The molecular formula is C18H24N2O2. The Balaban J connectivity index is 1.79. The summed E-state index contributed by atoms with van der Waals surface area (Å²) in [4.78, 5) is 4.04. The van der Waals surface area contributed by atoms with E-state index in [0.717, 1.165) is 31.6 Å². The zero-order chi connectivity index (χ0) is 15.6. The van der Waals surface area contributed by atoms with Gasteiger partial charge < -0.3 is 14.4 Å². The van der Waals surface area contributed by atoms with Crippen LogP contribution in [0.2, 0.25) is 0 Å². The third-order valence-electron chi connectivity index (χ3n) is 3.41. The summed E-state index contributed by atoms with van der Waals surface area (Å²) >= 11 is 0. The van der Waals surface area contributed by atoms with Crippen molar-refractivity contribution in [1.29, 1.82) is 0 Å². The summed E-state index contributed by atoms with van der Waals surface area (Å²) in [7, 11) is 0. The third-order valence-corrected chi connectivity index (χ3v) is 3.41. The molecule has 1 aromatic carbocycles. The van der Waals surface area contributed by atoms with E-state index in [9.17, 15) is 5.11 Å². The highest BCUT2D eigenvalue weighted by molar-refractivity contribution is 5.50. The lowest BCUT2D eigenvalue weighted by Gasteiger charge is -2.06. The molecule has 0 aliphatic heterocycles. The van der Waals surface area contributed by atoms with Gasteiger partial charge in [-0.05, 0) is 30.9 Å². The Labute approximate surface area is 132 Å². The topological polar surface area (TPSA) is 47.3 Å². The van der Waals surface area contributed by atoms with E-state index in [1.807, 2.05) is 36.2 Å². The van der Waals surface area contributed by atoms with Crippen LogP contribution in [0, 0.1) is 0 Å². The Kier molecular flexibility index (Phi) is 6.87. The van der Waals surface area contributed by atoms with E-state index in [4.69, 9.17) is 4.74 Å². The number of ether oxygens (including phenoxy) is 1. The minimum absolute atomic E-state index is 0.411. The summed E-state index contributed by atoms with van der Waals surface area (Å²) in [5.41, 5.74) is 2.32. The quantitative estimate of drug-likeness (QED) is 0.724. The van der Waals surface area contributed by atoms with E-state index < -0.39 is 6.10 Å². The van der Waals surface area contributed by atoms with Crippen LogP contribution in [0.4, 0.5) is 0 Å². The van der Waals surface area contributed by atoms with Crippen molar-refractivity contribution >= 4 is 6.08 Å². The van der Waals surface area contributed by atoms with Crippen LogP contribution in [-0.2, 0) is 11.3 Å². The van der Waals surface area contributed by atoms with E-state index in [1.54, 1.807) is 6.20 Å². The van der Waals surface area contributed by atoms with Crippen molar-refractivity contribution in [3.05, 3.63) is 60.2 Å². The van der Waals surface area contributed by atoms with Crippen molar-refractivity contribution in [2.24, 2.45) is 0 Å². The molecule has 0 saturated heterocycles. The SMILES string of the molecule is CCOCCCC(O)C=Cc1ccc(Cn2ccnc2)cc1. The molecule has 1 unspecified atom stereocenters. The number of hydrogen-bond donors (Lipinski definition) is 1. The lowest BCUT2D eigenvalue weighted by Crippen LogP contribution is -2.04. The Hall–Kier alpha value is -1.91. The molecule has 4 nitrogen and oxygen atoms in total. The lowest BCUT2D eigenvalue weighted by molar-refractivity contribution is 0.128. The van der Waals surface area contributed by atoms with Crippen molar-refractivity contribution in [2.45, 2.75) is 32.4 Å². The average Bonchev–Trinajstić information content (AvgIpc) is 3.04. The molecule has 0 fully saturated rings. The fourth-order valence-electron chi connectivity index (χ4n) is 2.18. The first-order valence-corrected chi connectivity index (χ1v) is 7.76. The first kappa shape index (κ1) is 16.5. The molecule has 0 radical (unpaired) electrons. The molecule has 22 heavy (non-hydrogen) atoms. The van der Waals surface area contributed by atoms with Gasteiger partial charge in [-0.3, -0.25) is 0 Å². The largest absolute Gasteiger partial charge is 0.389 e. The van der Waals surface area contributed by atoms with Gasteiger partial charge in [0.25, 0.3) is 0 Å². The molecule has 0 amide bonds. The van der Waals surface area contributed by atoms with Gasteiger partial charge in [0, 0.05) is 32.2 Å². The second-order valence-electron chi connectivity index (χ2n) is 5.24. The van der Waals surface area contributed by atoms with Crippen LogP contribution in [0.1, 0.15) is 30.9 Å². The molecule has 2 aromatic rings. The Morgan fingerprint density at radius 1 is 1.32 bits per heavy atom. The van der Waals surface area contributed by atoms with Gasteiger partial charge in [-0.15, -0.1) is 0 Å². The third kappa shape index (κ3) is 5.84. The molecule has 4 heteroatoms. The van der Waals surface area contributed by atoms with E-state index in [0.29, 0.717) is 6.61 Å². The number of imidazole rings is 1. The zero-order valence-corrected chi connectivity index (χ0v) is 13.1. The Morgan fingerprint density at radius 3 is 2.82 bits per heavy atom. The van der Waals surface area contributed by atoms with Crippen molar-refractivity contribution < 1.29 is 9.84 Å². The maximum absolute atomic E-state index is 9.88. The summed E-state index contributed by atoms with van der Waals surface area (Å²) < 4.78 is 7.30. The van der Waals surface area contributed by atoms with E-state index in [1.165, 1.54) is 5.56 Å². The number of benzene rings is 1. The Morgan fingerprint density at radius 2 is 2.14 bits per heavy atom. The molecule has 1 heterocycles. The van der Waals surface area contributed by atoms with Crippen LogP contribution in [0.25, 0.3) is 6.08 Å². The first-order chi connectivity index (χ1) is 10.8. The highest BCUT2D eigenvalue weighted by atomic mass is 16.5. The monoisotopic (exact) mass is 300 g/mol. The van der Waals surface area contributed by atoms with Gasteiger partial charge in [0.2, 0.25) is 0 Å². The highest BCUT2D eigenvalue weighted by Gasteiger charge is 1.99. The molecule has 0 aliphatic rings. The average molecular weight is 300 g/mol. The van der Waals surface area contributed by atoms with Crippen LogP contribution in [0.15, 0.2) is 49.1 Å². The summed E-state index contributed by atoms with van der Waals surface area (Å²) in [6.07, 6.45) is 10.6. The summed E-state index contributed by atoms with van der Waals surface area (Å²) in [6.45, 7) is 4.25. The number of aliphatic hydroxyl groups is 1. The van der Waals surface area contributed by atoms with Gasteiger partial charge in [-0.25, -0.2) is 4.98 Å². The number of nitrogens with zero attached hydrogens (tertiary/aromatic N) is 2. The molecular weight excluding hydrogens is 276 g/mol. The maximum atomic E-state index is 9.88. The number of aliphatic hydroxyl groups excluding tert-OH is 1. The molecule has 0 bridgehead atoms. The van der Waals surface area contributed by atoms with Gasteiger partial charge in [-0.1, -0.05) is 36.4 Å². The van der Waals surface area contributed by atoms with Crippen LogP contribution in [0.3, 0.4) is 0 Å². The van der Waals surface area contributed by atoms with E-state index in [-0.39, 0.29) is 0 Å². The standard InChI is InChI=1S/C18H24N2O2/c1-2-22-13-3-4-18(21)10-9-16-5-7-17(8-6-16)14-20-12-11-19-15-20/h5-12,15,18,21H,2-4,13-14H2,1H3. The van der Waals surface area contributed by atoms with Gasteiger partial charge >= 0.3 is 0 Å². The normalized spacial score (nSPS) is 12.8. The van der Waals surface area contributed by atoms with Gasteiger partial charge in [0.1, 0.15) is 0 Å². The fraction of sp³-hybridized carbons (Fsp3) is 0.389. The van der Waals surface area contributed by atoms with E-state index in [2.05, 4.69) is 29.2 Å². The molecule has 0 aliphatic carbocycles. The number of aromatic nitrogens is 2. The van der Waals surface area contributed by atoms with Crippen molar-refractivity contribution in [1.82, 2.24) is 9.55 Å². The minimum Gasteiger partial charge on any atom is -0.389 e. The summed E-state index contributed by atoms with van der Waals surface area (Å²) in [5, 5.41) is 9.88. The summed E-state index contributed by atoms with van der Waals surface area (Å²) in [5.74, 6) is 0. The first-order valence-electron chi connectivity index (χ1n) is 7.76. The Bertz CT molecular complexity index is 547. The zero-order valence-electron chi connectivity index (χ0n) is 13.1. The van der Waals surface area contributed by atoms with Gasteiger partial charge in [-0.2, -0.15) is 0 Å². The van der Waals surface area contributed by atoms with Gasteiger partial charge in [0.05, 0.1) is 12.4 Å². The van der Waals surface area contributed by atoms with Crippen LogP contribution < -0.4 is 0 Å². The predicted molar refractivity (Wildman–Crippen MR) is 88.5 cm³/mol. The maximum Gasteiger partial charge on any atom is 0.0949 e.